The molecule has 1 unspecified atom stereocenters. The van der Waals surface area contributed by atoms with Crippen LogP contribution in [0.1, 0.15) is 18.1 Å². The number of aliphatic hydroxyl groups is 1. The first-order chi connectivity index (χ1) is 8.94. The summed E-state index contributed by atoms with van der Waals surface area (Å²) >= 11 is 0. The van der Waals surface area contributed by atoms with Crippen LogP contribution in [0.5, 0.6) is 0 Å². The Hall–Kier alpha value is -1.44. The molecule has 1 aromatic rings. The lowest BCUT2D eigenvalue weighted by Crippen LogP contribution is -2.31. The van der Waals surface area contributed by atoms with E-state index in [1.165, 1.54) is 7.11 Å². The van der Waals surface area contributed by atoms with Crippen LogP contribution in [0.15, 0.2) is 30.3 Å². The number of methoxy groups -OCH3 is 1. The van der Waals surface area contributed by atoms with Gasteiger partial charge in [0.25, 0.3) is 0 Å². The van der Waals surface area contributed by atoms with Crippen molar-refractivity contribution in [2.45, 2.75) is 12.5 Å². The van der Waals surface area contributed by atoms with E-state index in [0.29, 0.717) is 5.56 Å². The van der Waals surface area contributed by atoms with Crippen molar-refractivity contribution in [2.75, 3.05) is 19.4 Å². The van der Waals surface area contributed by atoms with Crippen molar-refractivity contribution in [3.05, 3.63) is 35.9 Å². The Labute approximate surface area is 112 Å². The van der Waals surface area contributed by atoms with E-state index in [0.717, 1.165) is 0 Å². The Bertz CT molecular complexity index is 500. The first kappa shape index (κ1) is 15.6. The van der Waals surface area contributed by atoms with Gasteiger partial charge in [-0.05, 0) is 5.56 Å². The highest BCUT2D eigenvalue weighted by molar-refractivity contribution is 7.89. The van der Waals surface area contributed by atoms with E-state index >= 15 is 0 Å². The zero-order chi connectivity index (χ0) is 14.3. The predicted molar refractivity (Wildman–Crippen MR) is 69.8 cm³/mol. The summed E-state index contributed by atoms with van der Waals surface area (Å²) in [6.07, 6.45) is -1.14. The zero-order valence-electron chi connectivity index (χ0n) is 10.6. The highest BCUT2D eigenvalue weighted by Crippen LogP contribution is 2.10. The molecule has 0 aromatic heterocycles. The summed E-state index contributed by atoms with van der Waals surface area (Å²) in [5.74, 6) is -0.949. The molecular weight excluding hydrogens is 270 g/mol. The third kappa shape index (κ3) is 5.82. The molecule has 6 nitrogen and oxygen atoms in total. The quantitative estimate of drug-likeness (QED) is 0.699. The molecule has 1 aromatic carbocycles. The van der Waals surface area contributed by atoms with Crippen LogP contribution in [0.4, 0.5) is 0 Å². The van der Waals surface area contributed by atoms with Crippen molar-refractivity contribution in [3.8, 4) is 0 Å². The molecule has 0 bridgehead atoms. The second-order valence-electron chi connectivity index (χ2n) is 3.92. The number of nitrogens with one attached hydrogen (secondary N) is 1. The summed E-state index contributed by atoms with van der Waals surface area (Å²) in [6, 6.07) is 8.71. The Morgan fingerprint density at radius 1 is 1.37 bits per heavy atom. The number of carbonyl (C=O) groups is 1. The van der Waals surface area contributed by atoms with Crippen molar-refractivity contribution >= 4 is 16.0 Å². The first-order valence-electron chi connectivity index (χ1n) is 5.72. The number of benzene rings is 1. The van der Waals surface area contributed by atoms with Gasteiger partial charge in [0, 0.05) is 6.54 Å². The molecule has 0 aliphatic rings. The van der Waals surface area contributed by atoms with Gasteiger partial charge in [-0.2, -0.15) is 0 Å². The highest BCUT2D eigenvalue weighted by atomic mass is 32.2. The van der Waals surface area contributed by atoms with Gasteiger partial charge < -0.3 is 9.84 Å². The normalized spacial score (nSPS) is 12.9. The third-order valence-electron chi connectivity index (χ3n) is 2.48. The molecule has 0 saturated carbocycles. The van der Waals surface area contributed by atoms with Gasteiger partial charge in [-0.1, -0.05) is 30.3 Å². The van der Waals surface area contributed by atoms with Crippen LogP contribution in [0.25, 0.3) is 0 Å². The summed E-state index contributed by atoms with van der Waals surface area (Å²) in [5, 5.41) is 9.79. The summed E-state index contributed by atoms with van der Waals surface area (Å²) < 4.78 is 29.7. The van der Waals surface area contributed by atoms with Gasteiger partial charge >= 0.3 is 5.97 Å². The first-order valence-corrected chi connectivity index (χ1v) is 7.37. The third-order valence-corrected chi connectivity index (χ3v) is 3.83. The fourth-order valence-corrected chi connectivity index (χ4v) is 2.38. The van der Waals surface area contributed by atoms with E-state index < -0.39 is 22.1 Å². The van der Waals surface area contributed by atoms with Crippen molar-refractivity contribution in [3.63, 3.8) is 0 Å². The fraction of sp³-hybridized carbons (Fsp3) is 0.417. The Morgan fingerprint density at radius 2 is 2.00 bits per heavy atom. The van der Waals surface area contributed by atoms with Crippen LogP contribution in [-0.4, -0.2) is 38.9 Å². The SMILES string of the molecule is COC(=O)CCS(=O)(=O)NCC(O)c1ccccc1. The molecule has 106 valence electrons. The molecule has 0 radical (unpaired) electrons. The molecule has 2 N–H and O–H groups in total. The number of rotatable bonds is 7. The molecule has 0 aliphatic heterocycles. The summed E-state index contributed by atoms with van der Waals surface area (Å²) in [6.45, 7) is -0.131. The average Bonchev–Trinajstić information content (AvgIpc) is 2.43. The molecule has 0 spiro atoms. The molecule has 19 heavy (non-hydrogen) atoms. The van der Waals surface area contributed by atoms with Gasteiger partial charge in [0.2, 0.25) is 10.0 Å². The molecular formula is C12H17NO5S. The summed E-state index contributed by atoms with van der Waals surface area (Å²) in [4.78, 5) is 10.9. The number of hydrogen-bond donors (Lipinski definition) is 2. The van der Waals surface area contributed by atoms with Crippen LogP contribution in [0.3, 0.4) is 0 Å². The minimum Gasteiger partial charge on any atom is -0.469 e. The second kappa shape index (κ2) is 7.22. The van der Waals surface area contributed by atoms with E-state index in [1.54, 1.807) is 30.3 Å². The van der Waals surface area contributed by atoms with E-state index in [9.17, 15) is 18.3 Å². The number of aliphatic hydroxyl groups excluding tert-OH is 1. The van der Waals surface area contributed by atoms with Gasteiger partial charge in [0.15, 0.2) is 0 Å². The van der Waals surface area contributed by atoms with Gasteiger partial charge in [-0.3, -0.25) is 4.79 Å². The lowest BCUT2D eigenvalue weighted by molar-refractivity contribution is -0.140. The topological polar surface area (TPSA) is 92.7 Å². The molecule has 0 fully saturated rings. The number of ether oxygens (including phenoxy) is 1. The van der Waals surface area contributed by atoms with Crippen LogP contribution in [-0.2, 0) is 19.6 Å². The largest absolute Gasteiger partial charge is 0.469 e. The van der Waals surface area contributed by atoms with Gasteiger partial charge in [-0.15, -0.1) is 0 Å². The van der Waals surface area contributed by atoms with Gasteiger partial charge in [-0.25, -0.2) is 13.1 Å². The lowest BCUT2D eigenvalue weighted by atomic mass is 10.1. The molecule has 0 amide bonds. The maximum Gasteiger partial charge on any atom is 0.306 e. The molecule has 0 aliphatic carbocycles. The predicted octanol–water partition coefficient (Wildman–Crippen LogP) is 0.203. The minimum absolute atomic E-state index is 0.131. The summed E-state index contributed by atoms with van der Waals surface area (Å²) in [5.41, 5.74) is 0.623. The van der Waals surface area contributed by atoms with Crippen molar-refractivity contribution in [1.29, 1.82) is 0 Å². The number of sulfonamides is 1. The maximum absolute atomic E-state index is 11.6. The molecule has 1 rings (SSSR count). The number of hydrogen-bond acceptors (Lipinski definition) is 5. The van der Waals surface area contributed by atoms with Crippen molar-refractivity contribution in [2.24, 2.45) is 0 Å². The van der Waals surface area contributed by atoms with E-state index in [1.807, 2.05) is 0 Å². The lowest BCUT2D eigenvalue weighted by Gasteiger charge is -2.12. The number of esters is 1. The van der Waals surface area contributed by atoms with E-state index in [4.69, 9.17) is 0 Å². The second-order valence-corrected chi connectivity index (χ2v) is 5.85. The molecule has 1 atom stereocenters. The Morgan fingerprint density at radius 3 is 2.58 bits per heavy atom. The van der Waals surface area contributed by atoms with Gasteiger partial charge in [0.1, 0.15) is 0 Å². The van der Waals surface area contributed by atoms with Crippen LogP contribution in [0.2, 0.25) is 0 Å². The molecule has 0 heterocycles. The smallest absolute Gasteiger partial charge is 0.306 e. The standard InChI is InChI=1S/C12H17NO5S/c1-18-12(15)7-8-19(16,17)13-9-11(14)10-5-3-2-4-6-10/h2-6,11,13-14H,7-9H2,1H3. The monoisotopic (exact) mass is 287 g/mol. The van der Waals surface area contributed by atoms with Crippen molar-refractivity contribution in [1.82, 2.24) is 4.72 Å². The van der Waals surface area contributed by atoms with Gasteiger partial charge in [0.05, 0.1) is 25.4 Å². The highest BCUT2D eigenvalue weighted by Gasteiger charge is 2.16. The van der Waals surface area contributed by atoms with Crippen LogP contribution >= 0.6 is 0 Å². The Balaban J connectivity index is 2.45. The Kier molecular flexibility index (Phi) is 5.94. The summed E-state index contributed by atoms with van der Waals surface area (Å²) in [7, 11) is -2.40. The molecule has 0 saturated heterocycles. The van der Waals surface area contributed by atoms with Crippen LogP contribution in [0, 0.1) is 0 Å². The van der Waals surface area contributed by atoms with E-state index in [2.05, 4.69) is 9.46 Å². The van der Waals surface area contributed by atoms with Crippen LogP contribution < -0.4 is 4.72 Å². The fourth-order valence-electron chi connectivity index (χ4n) is 1.39. The number of carbonyl (C=O) groups excluding carboxylic acids is 1. The van der Waals surface area contributed by atoms with E-state index in [-0.39, 0.29) is 18.7 Å². The average molecular weight is 287 g/mol. The van der Waals surface area contributed by atoms with Crippen molar-refractivity contribution < 1.29 is 23.1 Å². The zero-order valence-corrected chi connectivity index (χ0v) is 11.4. The minimum atomic E-state index is -3.60. The maximum atomic E-state index is 11.6. The molecule has 7 heteroatoms.